The summed E-state index contributed by atoms with van der Waals surface area (Å²) in [5.41, 5.74) is 4.16. The van der Waals surface area contributed by atoms with E-state index in [0.717, 1.165) is 43.9 Å². The SMILES string of the molecule is O=S(=O)([O-])CCC[n+]1c(/C=C/C(=C/C=C2/Oc3cc4ccccc4cc3N2CCCS(=O)(=O)O)Cc2ccccc2)oc2cc3ccccc3cc21.[K+]. The maximum atomic E-state index is 11.6. The van der Waals surface area contributed by atoms with Crippen molar-refractivity contribution in [1.82, 2.24) is 0 Å². The molecule has 0 saturated carbocycles. The molecule has 10 nitrogen and oxygen atoms in total. The average Bonchev–Trinajstić information content (AvgIpc) is 3.62. The van der Waals surface area contributed by atoms with E-state index < -0.39 is 26.0 Å². The van der Waals surface area contributed by atoms with Gasteiger partial charge < -0.3 is 18.6 Å². The Morgan fingerprint density at radius 3 is 2.13 bits per heavy atom. The molecule has 1 aromatic heterocycles. The van der Waals surface area contributed by atoms with Gasteiger partial charge in [-0.3, -0.25) is 4.55 Å². The third kappa shape index (κ3) is 9.92. The van der Waals surface area contributed by atoms with Gasteiger partial charge in [-0.05, 0) is 75.9 Å². The molecule has 7 rings (SSSR count). The van der Waals surface area contributed by atoms with Crippen molar-refractivity contribution in [3.8, 4) is 5.75 Å². The molecule has 0 amide bonds. The molecule has 0 spiro atoms. The van der Waals surface area contributed by atoms with Gasteiger partial charge in [-0.15, -0.1) is 0 Å². The first kappa shape index (κ1) is 39.1. The van der Waals surface area contributed by atoms with Crippen LogP contribution < -0.4 is 65.6 Å². The molecule has 0 fully saturated rings. The van der Waals surface area contributed by atoms with Gasteiger partial charge in [0.25, 0.3) is 15.6 Å². The van der Waals surface area contributed by atoms with Crippen LogP contribution in [0.1, 0.15) is 24.3 Å². The Balaban J connectivity index is 0.00000481. The van der Waals surface area contributed by atoms with Crippen LogP contribution in [0.5, 0.6) is 5.75 Å². The van der Waals surface area contributed by atoms with Gasteiger partial charge in [-0.1, -0.05) is 84.9 Å². The summed E-state index contributed by atoms with van der Waals surface area (Å²) in [5, 5.41) is 4.01. The predicted molar refractivity (Wildman–Crippen MR) is 201 cm³/mol. The van der Waals surface area contributed by atoms with Crippen LogP contribution in [0.25, 0.3) is 38.7 Å². The van der Waals surface area contributed by atoms with E-state index in [1.165, 1.54) is 0 Å². The van der Waals surface area contributed by atoms with Crippen LogP contribution in [-0.4, -0.2) is 44.0 Å². The molecule has 13 heteroatoms. The monoisotopic (exact) mass is 775 g/mol. The second-order valence-corrected chi connectivity index (χ2v) is 15.8. The fourth-order valence-electron chi connectivity index (χ4n) is 6.45. The Morgan fingerprint density at radius 2 is 1.45 bits per heavy atom. The molecule has 6 aromatic rings. The normalized spacial score (nSPS) is 14.3. The van der Waals surface area contributed by atoms with E-state index >= 15 is 0 Å². The van der Waals surface area contributed by atoms with Crippen molar-refractivity contribution >= 4 is 64.6 Å². The first-order valence-electron chi connectivity index (χ1n) is 16.8. The molecule has 266 valence electrons. The Hall–Kier alpha value is -3.63. The van der Waals surface area contributed by atoms with E-state index in [4.69, 9.17) is 9.15 Å². The average molecular weight is 776 g/mol. The van der Waals surface area contributed by atoms with Crippen LogP contribution >= 0.6 is 0 Å². The number of nitrogens with zero attached hydrogens (tertiary/aromatic N) is 2. The van der Waals surface area contributed by atoms with E-state index in [2.05, 4.69) is 0 Å². The van der Waals surface area contributed by atoms with Crippen molar-refractivity contribution < 1.29 is 91.0 Å². The summed E-state index contributed by atoms with van der Waals surface area (Å²) in [7, 11) is -8.53. The molecule has 53 heavy (non-hydrogen) atoms. The zero-order valence-electron chi connectivity index (χ0n) is 29.1. The predicted octanol–water partition coefficient (Wildman–Crippen LogP) is 4.17. The maximum absolute atomic E-state index is 11.6. The first-order valence-corrected chi connectivity index (χ1v) is 20.0. The van der Waals surface area contributed by atoms with Gasteiger partial charge >= 0.3 is 57.3 Å². The molecule has 0 saturated heterocycles. The van der Waals surface area contributed by atoms with E-state index in [0.29, 0.717) is 36.1 Å². The zero-order valence-corrected chi connectivity index (χ0v) is 33.8. The second kappa shape index (κ2) is 16.8. The quantitative estimate of drug-likeness (QED) is 0.0793. The van der Waals surface area contributed by atoms with Crippen molar-refractivity contribution in [3.63, 3.8) is 0 Å². The van der Waals surface area contributed by atoms with Gasteiger partial charge in [0.2, 0.25) is 11.5 Å². The number of aryl methyl sites for hydroxylation is 1. The minimum atomic E-state index is -4.39. The number of aromatic nitrogens is 1. The summed E-state index contributed by atoms with van der Waals surface area (Å²) < 4.78 is 81.4. The number of allylic oxidation sites excluding steroid dienone is 4. The fraction of sp³-hybridized carbons (Fsp3) is 0.175. The molecule has 0 atom stereocenters. The molecule has 1 N–H and O–H groups in total. The van der Waals surface area contributed by atoms with E-state index in [-0.39, 0.29) is 76.5 Å². The van der Waals surface area contributed by atoms with Gasteiger partial charge in [-0.25, -0.2) is 8.42 Å². The third-order valence-corrected chi connectivity index (χ3v) is 10.5. The minimum Gasteiger partial charge on any atom is -0.748 e. The molecule has 1 aliphatic rings. The largest absolute Gasteiger partial charge is 1.00 e. The number of benzene rings is 5. The van der Waals surface area contributed by atoms with Crippen LogP contribution in [0.2, 0.25) is 0 Å². The molecule has 0 aliphatic carbocycles. The van der Waals surface area contributed by atoms with Crippen molar-refractivity contribution in [2.45, 2.75) is 25.8 Å². The number of anilines is 1. The smallest absolute Gasteiger partial charge is 0.748 e. The summed E-state index contributed by atoms with van der Waals surface area (Å²) in [4.78, 5) is 1.91. The Kier molecular flexibility index (Phi) is 12.4. The number of rotatable bonds is 13. The van der Waals surface area contributed by atoms with E-state index in [9.17, 15) is 25.9 Å². The number of fused-ring (bicyclic) bond motifs is 4. The van der Waals surface area contributed by atoms with Crippen LogP contribution in [0, 0.1) is 0 Å². The van der Waals surface area contributed by atoms with Gasteiger partial charge in [0.15, 0.2) is 12.3 Å². The standard InChI is InChI=1S/C40H36N2O8S2.K/c43-51(44,45)22-8-20-41-35-25-31-12-4-6-14-33(31)27-37(35)49-39(41)18-16-30(24-29-10-2-1-3-11-29)17-19-40-42(21-9-23-52(46,47)48)36-26-32-13-5-7-15-34(32)28-38(36)50-40;/h1-7,10-19,25-28H,8-9,20-24H2,(H-,43,44,45,46,47,48);/q;+1. The summed E-state index contributed by atoms with van der Waals surface area (Å²) in [6.45, 7) is 0.550. The molecule has 1 aliphatic heterocycles. The molecule has 5 aromatic carbocycles. The summed E-state index contributed by atoms with van der Waals surface area (Å²) in [6.07, 6.45) is 8.41. The number of ether oxygens (including phenoxy) is 1. The summed E-state index contributed by atoms with van der Waals surface area (Å²) in [6, 6.07) is 33.6. The zero-order chi connectivity index (χ0) is 36.3. The fourth-order valence-corrected chi connectivity index (χ4v) is 7.43. The molecule has 0 radical (unpaired) electrons. The van der Waals surface area contributed by atoms with Gasteiger partial charge in [-0.2, -0.15) is 13.0 Å². The molecular weight excluding hydrogens is 740 g/mol. The van der Waals surface area contributed by atoms with Crippen LogP contribution in [0.15, 0.2) is 137 Å². The molecule has 0 bridgehead atoms. The Bertz CT molecular complexity index is 2600. The van der Waals surface area contributed by atoms with Gasteiger partial charge in [0.05, 0.1) is 27.6 Å². The number of hydrogen-bond acceptors (Lipinski definition) is 8. The topological polar surface area (TPSA) is 141 Å². The van der Waals surface area contributed by atoms with E-state index in [1.54, 1.807) is 0 Å². The molecule has 0 unspecified atom stereocenters. The second-order valence-electron chi connectivity index (χ2n) is 12.7. The van der Waals surface area contributed by atoms with Crippen molar-refractivity contribution in [2.75, 3.05) is 23.0 Å². The van der Waals surface area contributed by atoms with E-state index in [1.807, 2.05) is 137 Å². The summed E-state index contributed by atoms with van der Waals surface area (Å²) >= 11 is 0. The maximum Gasteiger partial charge on any atom is 1.00 e. The van der Waals surface area contributed by atoms with Gasteiger partial charge in [0.1, 0.15) is 0 Å². The first-order chi connectivity index (χ1) is 25.0. The molecular formula is C40H36KN2O8S2+. The molecule has 2 heterocycles. The van der Waals surface area contributed by atoms with Gasteiger partial charge in [0, 0.05) is 24.8 Å². The number of hydrogen-bond donors (Lipinski definition) is 1. The third-order valence-electron chi connectivity index (χ3n) is 8.89. The minimum absolute atomic E-state index is 0. The number of oxazole rings is 1. The van der Waals surface area contributed by atoms with Crippen molar-refractivity contribution in [3.05, 3.63) is 144 Å². The van der Waals surface area contributed by atoms with Crippen LogP contribution in [-0.2, 0) is 33.2 Å². The van der Waals surface area contributed by atoms with Crippen molar-refractivity contribution in [2.24, 2.45) is 0 Å². The van der Waals surface area contributed by atoms with Crippen LogP contribution in [0.3, 0.4) is 0 Å². The van der Waals surface area contributed by atoms with Crippen molar-refractivity contribution in [1.29, 1.82) is 0 Å². The Morgan fingerprint density at radius 1 is 0.811 bits per heavy atom. The summed E-state index contributed by atoms with van der Waals surface area (Å²) in [5.74, 6) is 0.758. The van der Waals surface area contributed by atoms with Crippen LogP contribution in [0.4, 0.5) is 5.69 Å². The Labute approximate surface area is 351 Å².